The van der Waals surface area contributed by atoms with E-state index in [9.17, 15) is 9.59 Å². The van der Waals surface area contributed by atoms with Gasteiger partial charge >= 0.3 is 5.97 Å². The largest absolute Gasteiger partial charge is 0.466 e. The second kappa shape index (κ2) is 4.96. The molecule has 0 heterocycles. The molecule has 4 nitrogen and oxygen atoms in total. The van der Waals surface area contributed by atoms with Crippen LogP contribution >= 0.6 is 0 Å². The van der Waals surface area contributed by atoms with Gasteiger partial charge in [-0.1, -0.05) is 12.2 Å². The lowest BCUT2D eigenvalue weighted by atomic mass is 9.77. The van der Waals surface area contributed by atoms with Crippen molar-refractivity contribution in [3.63, 3.8) is 0 Å². The summed E-state index contributed by atoms with van der Waals surface area (Å²) in [5, 5.41) is 0. The summed E-state index contributed by atoms with van der Waals surface area (Å²) in [4.78, 5) is 21.9. The van der Waals surface area contributed by atoms with Crippen molar-refractivity contribution in [1.82, 2.24) is 0 Å². The van der Waals surface area contributed by atoms with Crippen LogP contribution in [-0.4, -0.2) is 18.5 Å². The molecule has 84 valence electrons. The van der Waals surface area contributed by atoms with Gasteiger partial charge in [-0.25, -0.2) is 0 Å². The lowest BCUT2D eigenvalue weighted by Gasteiger charge is -2.29. The Kier molecular flexibility index (Phi) is 3.88. The van der Waals surface area contributed by atoms with Gasteiger partial charge in [-0.2, -0.15) is 0 Å². The van der Waals surface area contributed by atoms with Crippen molar-refractivity contribution in [2.45, 2.75) is 26.2 Å². The topological polar surface area (TPSA) is 69.4 Å². The summed E-state index contributed by atoms with van der Waals surface area (Å²) < 4.78 is 4.92. The van der Waals surface area contributed by atoms with Gasteiger partial charge in [0.2, 0.25) is 5.91 Å². The summed E-state index contributed by atoms with van der Waals surface area (Å²) in [6.07, 6.45) is 2.28. The van der Waals surface area contributed by atoms with E-state index < -0.39 is 0 Å². The molecule has 1 amide bonds. The highest BCUT2D eigenvalue weighted by Crippen LogP contribution is 2.32. The predicted molar refractivity (Wildman–Crippen MR) is 55.8 cm³/mol. The smallest absolute Gasteiger partial charge is 0.302 e. The first-order valence-electron chi connectivity index (χ1n) is 5.10. The minimum Gasteiger partial charge on any atom is -0.466 e. The van der Waals surface area contributed by atoms with Gasteiger partial charge in [-0.15, -0.1) is 0 Å². The molecule has 1 aliphatic carbocycles. The molecule has 0 saturated heterocycles. The molecule has 0 bridgehead atoms. The highest BCUT2D eigenvalue weighted by Gasteiger charge is 2.31. The zero-order chi connectivity index (χ0) is 11.4. The lowest BCUT2D eigenvalue weighted by Crippen LogP contribution is -2.35. The molecule has 4 heteroatoms. The van der Waals surface area contributed by atoms with Crippen LogP contribution in [0, 0.1) is 11.8 Å². The van der Waals surface area contributed by atoms with E-state index in [0.717, 1.165) is 24.8 Å². The van der Waals surface area contributed by atoms with E-state index in [1.807, 2.05) is 0 Å². The number of primary amides is 1. The first-order valence-corrected chi connectivity index (χ1v) is 5.10. The molecule has 2 atom stereocenters. The third-order valence-corrected chi connectivity index (χ3v) is 2.79. The maximum atomic E-state index is 11.2. The van der Waals surface area contributed by atoms with Crippen molar-refractivity contribution in [1.29, 1.82) is 0 Å². The van der Waals surface area contributed by atoms with Crippen LogP contribution in [0.15, 0.2) is 12.2 Å². The van der Waals surface area contributed by atoms with Gasteiger partial charge in [0, 0.05) is 18.8 Å². The number of carbonyl (C=O) groups excluding carboxylic acids is 2. The Morgan fingerprint density at radius 2 is 2.27 bits per heavy atom. The number of hydrogen-bond donors (Lipinski definition) is 1. The maximum Gasteiger partial charge on any atom is 0.302 e. The third kappa shape index (κ3) is 3.38. The molecule has 0 aromatic rings. The SMILES string of the molecule is C=C1CCC(C(N)=O)C(COC(C)=O)C1. The first kappa shape index (κ1) is 11.8. The van der Waals surface area contributed by atoms with Gasteiger partial charge in [-0.05, 0) is 19.3 Å². The number of amides is 1. The lowest BCUT2D eigenvalue weighted by molar-refractivity contribution is -0.144. The Labute approximate surface area is 89.5 Å². The molecule has 1 aliphatic rings. The highest BCUT2D eigenvalue weighted by atomic mass is 16.5. The van der Waals surface area contributed by atoms with Crippen LogP contribution in [0.5, 0.6) is 0 Å². The number of rotatable bonds is 3. The second-order valence-corrected chi connectivity index (χ2v) is 4.06. The van der Waals surface area contributed by atoms with Gasteiger partial charge in [0.15, 0.2) is 0 Å². The van der Waals surface area contributed by atoms with Crippen molar-refractivity contribution in [2.24, 2.45) is 17.6 Å². The highest BCUT2D eigenvalue weighted by molar-refractivity contribution is 5.77. The van der Waals surface area contributed by atoms with Crippen molar-refractivity contribution < 1.29 is 14.3 Å². The van der Waals surface area contributed by atoms with E-state index in [1.165, 1.54) is 6.92 Å². The summed E-state index contributed by atoms with van der Waals surface area (Å²) in [5.74, 6) is -0.809. The summed E-state index contributed by atoms with van der Waals surface area (Å²) >= 11 is 0. The minimum absolute atomic E-state index is 0.00708. The van der Waals surface area contributed by atoms with Gasteiger partial charge < -0.3 is 10.5 Å². The molecule has 2 N–H and O–H groups in total. The molecule has 0 radical (unpaired) electrons. The molecule has 15 heavy (non-hydrogen) atoms. The average Bonchev–Trinajstić information content (AvgIpc) is 2.14. The molecule has 0 spiro atoms. The van der Waals surface area contributed by atoms with E-state index in [4.69, 9.17) is 10.5 Å². The Morgan fingerprint density at radius 3 is 2.80 bits per heavy atom. The minimum atomic E-state index is -0.325. The monoisotopic (exact) mass is 211 g/mol. The quantitative estimate of drug-likeness (QED) is 0.559. The van der Waals surface area contributed by atoms with Crippen molar-refractivity contribution >= 4 is 11.9 Å². The van der Waals surface area contributed by atoms with E-state index in [1.54, 1.807) is 0 Å². The van der Waals surface area contributed by atoms with E-state index >= 15 is 0 Å². The van der Waals surface area contributed by atoms with Crippen molar-refractivity contribution in [2.75, 3.05) is 6.61 Å². The molecule has 2 unspecified atom stereocenters. The van der Waals surface area contributed by atoms with Crippen LogP contribution in [0.2, 0.25) is 0 Å². The van der Waals surface area contributed by atoms with Crippen LogP contribution in [0.25, 0.3) is 0 Å². The number of allylic oxidation sites excluding steroid dienone is 1. The molecule has 1 saturated carbocycles. The van der Waals surface area contributed by atoms with E-state index in [0.29, 0.717) is 0 Å². The molecule has 0 aromatic carbocycles. The van der Waals surface area contributed by atoms with E-state index in [2.05, 4.69) is 6.58 Å². The van der Waals surface area contributed by atoms with Gasteiger partial charge in [0.05, 0.1) is 6.61 Å². The Morgan fingerprint density at radius 1 is 1.60 bits per heavy atom. The number of nitrogens with two attached hydrogens (primary N) is 1. The fraction of sp³-hybridized carbons (Fsp3) is 0.636. The molecule has 0 aromatic heterocycles. The number of carbonyl (C=O) groups is 2. The number of esters is 1. The fourth-order valence-electron chi connectivity index (χ4n) is 1.98. The van der Waals surface area contributed by atoms with Crippen molar-refractivity contribution in [3.8, 4) is 0 Å². The molecule has 1 fully saturated rings. The summed E-state index contributed by atoms with van der Waals surface area (Å²) in [5.41, 5.74) is 6.40. The van der Waals surface area contributed by atoms with Crippen molar-refractivity contribution in [3.05, 3.63) is 12.2 Å². The normalized spacial score (nSPS) is 26.1. The molecular weight excluding hydrogens is 194 g/mol. The zero-order valence-corrected chi connectivity index (χ0v) is 8.99. The molecule has 0 aliphatic heterocycles. The summed E-state index contributed by atoms with van der Waals surface area (Å²) in [6.45, 7) is 5.52. The standard InChI is InChI=1S/C11H17NO3/c1-7-3-4-10(11(12)14)9(5-7)6-15-8(2)13/h9-10H,1,3-6H2,2H3,(H2,12,14). The number of hydrogen-bond acceptors (Lipinski definition) is 3. The van der Waals surface area contributed by atoms with Gasteiger partial charge in [-0.3, -0.25) is 9.59 Å². The average molecular weight is 211 g/mol. The maximum absolute atomic E-state index is 11.2. The number of ether oxygens (including phenoxy) is 1. The first-order chi connectivity index (χ1) is 7.00. The molecule has 1 rings (SSSR count). The van der Waals surface area contributed by atoms with Gasteiger partial charge in [0.1, 0.15) is 0 Å². The second-order valence-electron chi connectivity index (χ2n) is 4.06. The fourth-order valence-corrected chi connectivity index (χ4v) is 1.98. The zero-order valence-electron chi connectivity index (χ0n) is 8.99. The van der Waals surface area contributed by atoms with Crippen LogP contribution in [0.3, 0.4) is 0 Å². The summed E-state index contributed by atoms with van der Waals surface area (Å²) in [6, 6.07) is 0. The van der Waals surface area contributed by atoms with Crippen LogP contribution in [0.1, 0.15) is 26.2 Å². The molecular formula is C11H17NO3. The Hall–Kier alpha value is -1.32. The predicted octanol–water partition coefficient (Wildman–Crippen LogP) is 1.01. The summed E-state index contributed by atoms with van der Waals surface area (Å²) in [7, 11) is 0. The Bertz CT molecular complexity index is 286. The van der Waals surface area contributed by atoms with Crippen LogP contribution in [-0.2, 0) is 14.3 Å². The van der Waals surface area contributed by atoms with Gasteiger partial charge in [0.25, 0.3) is 0 Å². The van der Waals surface area contributed by atoms with E-state index in [-0.39, 0.29) is 30.3 Å². The van der Waals surface area contributed by atoms with Crippen LogP contribution < -0.4 is 5.73 Å². The Balaban J connectivity index is 2.57. The van der Waals surface area contributed by atoms with Crippen LogP contribution in [0.4, 0.5) is 0 Å². The third-order valence-electron chi connectivity index (χ3n) is 2.79.